The fourth-order valence-corrected chi connectivity index (χ4v) is 0.777. The highest BCUT2D eigenvalue weighted by Crippen LogP contribution is 1.78. The van der Waals surface area contributed by atoms with Crippen LogP contribution in [-0.2, 0) is 30.5 Å². The van der Waals surface area contributed by atoms with Gasteiger partial charge in [0.25, 0.3) is 0 Å². The van der Waals surface area contributed by atoms with Crippen molar-refractivity contribution < 1.29 is 16.8 Å². The quantitative estimate of drug-likeness (QED) is 0.593. The molecule has 12 heavy (non-hydrogen) atoms. The van der Waals surface area contributed by atoms with E-state index in [1.54, 1.807) is 0 Å². The van der Waals surface area contributed by atoms with Gasteiger partial charge >= 0.3 is 0 Å². The van der Waals surface area contributed by atoms with Gasteiger partial charge in [-0.1, -0.05) is 11.8 Å². The normalized spacial score (nSPS) is 14.5. The summed E-state index contributed by atoms with van der Waals surface area (Å²) in [5.74, 6) is 5.09. The maximum absolute atomic E-state index is 10.3. The monoisotopic (exact) mass is 210 g/mol. The molecule has 6 heteroatoms. The third-order valence-corrected chi connectivity index (χ3v) is 1.62. The van der Waals surface area contributed by atoms with E-state index in [9.17, 15) is 8.42 Å². The zero-order valence-electron chi connectivity index (χ0n) is 6.86. The van der Waals surface area contributed by atoms with E-state index in [0.717, 1.165) is 0 Å². The molecule has 0 heterocycles. The molecule has 4 nitrogen and oxygen atoms in total. The maximum Gasteiger partial charge on any atom is 0.153 e. The standard InChI is InChI=1S/C6H10O4S2/c1-11(7)9-5-3-4-6-10-12(2)8/h5-6H2,1-2H3. The van der Waals surface area contributed by atoms with Crippen LogP contribution in [0, 0.1) is 11.8 Å². The van der Waals surface area contributed by atoms with Gasteiger partial charge in [0.05, 0.1) is 0 Å². The van der Waals surface area contributed by atoms with Gasteiger partial charge < -0.3 is 0 Å². The van der Waals surface area contributed by atoms with Gasteiger partial charge in [-0.3, -0.25) is 8.37 Å². The average Bonchev–Trinajstić information content (AvgIpc) is 1.95. The zero-order valence-corrected chi connectivity index (χ0v) is 8.50. The van der Waals surface area contributed by atoms with Crippen LogP contribution in [0.4, 0.5) is 0 Å². The summed E-state index contributed by atoms with van der Waals surface area (Å²) in [7, 11) is 0. The number of hydrogen-bond donors (Lipinski definition) is 0. The Balaban J connectivity index is 3.35. The Morgan fingerprint density at radius 3 is 1.58 bits per heavy atom. The van der Waals surface area contributed by atoms with E-state index in [2.05, 4.69) is 20.2 Å². The van der Waals surface area contributed by atoms with Crippen molar-refractivity contribution in [1.29, 1.82) is 0 Å². The topological polar surface area (TPSA) is 52.6 Å². The van der Waals surface area contributed by atoms with Crippen molar-refractivity contribution in [3.63, 3.8) is 0 Å². The first kappa shape index (κ1) is 11.8. The summed E-state index contributed by atoms with van der Waals surface area (Å²) in [5.41, 5.74) is 0. The molecule has 0 bridgehead atoms. The smallest absolute Gasteiger partial charge is 0.153 e. The Labute approximate surface area is 77.0 Å². The minimum Gasteiger partial charge on any atom is -0.278 e. The third-order valence-electron chi connectivity index (χ3n) is 0.719. The predicted octanol–water partition coefficient (Wildman–Crippen LogP) is -0.390. The summed E-state index contributed by atoms with van der Waals surface area (Å²) in [5, 5.41) is 0. The van der Waals surface area contributed by atoms with Crippen LogP contribution in [-0.4, -0.2) is 34.1 Å². The maximum atomic E-state index is 10.3. The fraction of sp³-hybridized carbons (Fsp3) is 0.667. The lowest BCUT2D eigenvalue weighted by Gasteiger charge is -1.90. The van der Waals surface area contributed by atoms with Crippen molar-refractivity contribution in [2.75, 3.05) is 25.7 Å². The lowest BCUT2D eigenvalue weighted by molar-refractivity contribution is 0.397. The lowest BCUT2D eigenvalue weighted by atomic mass is 10.6. The first-order valence-corrected chi connectivity index (χ1v) is 5.98. The van der Waals surface area contributed by atoms with E-state index < -0.39 is 22.2 Å². The summed E-state index contributed by atoms with van der Waals surface area (Å²) in [4.78, 5) is 0. The summed E-state index contributed by atoms with van der Waals surface area (Å²) < 4.78 is 29.9. The molecule has 0 radical (unpaired) electrons. The number of rotatable bonds is 4. The molecule has 0 aliphatic rings. The molecule has 0 aliphatic heterocycles. The first-order chi connectivity index (χ1) is 5.63. The summed E-state index contributed by atoms with van der Waals surface area (Å²) in [6.45, 7) is 0.200. The van der Waals surface area contributed by atoms with Gasteiger partial charge in [0.1, 0.15) is 13.2 Å². The average molecular weight is 210 g/mol. The molecule has 0 amide bonds. The van der Waals surface area contributed by atoms with Crippen LogP contribution in [0.5, 0.6) is 0 Å². The van der Waals surface area contributed by atoms with E-state index in [1.807, 2.05) is 0 Å². The van der Waals surface area contributed by atoms with Crippen LogP contribution in [0.1, 0.15) is 0 Å². The van der Waals surface area contributed by atoms with Crippen molar-refractivity contribution in [2.45, 2.75) is 0 Å². The Bertz CT molecular complexity index is 205. The molecule has 0 saturated heterocycles. The molecule has 0 aromatic heterocycles. The largest absolute Gasteiger partial charge is 0.278 e. The third kappa shape index (κ3) is 9.78. The SMILES string of the molecule is CS(=O)OCC#CCOS(C)=O. The highest BCUT2D eigenvalue weighted by atomic mass is 32.2. The van der Waals surface area contributed by atoms with E-state index in [0.29, 0.717) is 0 Å². The van der Waals surface area contributed by atoms with Gasteiger partial charge in [-0.2, -0.15) is 0 Å². The van der Waals surface area contributed by atoms with Gasteiger partial charge in [0.2, 0.25) is 0 Å². The van der Waals surface area contributed by atoms with E-state index in [-0.39, 0.29) is 13.2 Å². The Hall–Kier alpha value is -0.220. The summed E-state index contributed by atoms with van der Waals surface area (Å²) >= 11 is -2.57. The summed E-state index contributed by atoms with van der Waals surface area (Å²) in [6, 6.07) is 0. The van der Waals surface area contributed by atoms with Crippen molar-refractivity contribution in [3.8, 4) is 11.8 Å². The second-order valence-electron chi connectivity index (χ2n) is 1.68. The highest BCUT2D eigenvalue weighted by molar-refractivity contribution is 7.79. The van der Waals surface area contributed by atoms with Crippen LogP contribution in [0.25, 0.3) is 0 Å². The van der Waals surface area contributed by atoms with Gasteiger partial charge in [-0.25, -0.2) is 8.42 Å². The second kappa shape index (κ2) is 7.43. The molecule has 0 aromatic rings. The van der Waals surface area contributed by atoms with Crippen LogP contribution < -0.4 is 0 Å². The van der Waals surface area contributed by atoms with Crippen molar-refractivity contribution >= 4 is 22.2 Å². The van der Waals surface area contributed by atoms with Crippen LogP contribution >= 0.6 is 0 Å². The number of hydrogen-bond acceptors (Lipinski definition) is 4. The van der Waals surface area contributed by atoms with Crippen molar-refractivity contribution in [3.05, 3.63) is 0 Å². The molecule has 0 saturated carbocycles. The molecule has 0 spiro atoms. The Morgan fingerprint density at radius 2 is 1.33 bits per heavy atom. The van der Waals surface area contributed by atoms with Crippen LogP contribution in [0.15, 0.2) is 0 Å². The molecule has 0 aromatic carbocycles. The van der Waals surface area contributed by atoms with E-state index >= 15 is 0 Å². The van der Waals surface area contributed by atoms with Crippen molar-refractivity contribution in [1.82, 2.24) is 0 Å². The molecular weight excluding hydrogens is 200 g/mol. The minimum atomic E-state index is -1.28. The molecule has 0 fully saturated rings. The predicted molar refractivity (Wildman–Crippen MR) is 47.8 cm³/mol. The van der Waals surface area contributed by atoms with Gasteiger partial charge in [-0.05, 0) is 0 Å². The van der Waals surface area contributed by atoms with Crippen LogP contribution in [0.2, 0.25) is 0 Å². The first-order valence-electron chi connectivity index (χ1n) is 3.02. The molecule has 0 rings (SSSR count). The zero-order chi connectivity index (χ0) is 9.40. The van der Waals surface area contributed by atoms with Crippen LogP contribution in [0.3, 0.4) is 0 Å². The fourth-order valence-electron chi connectivity index (χ4n) is 0.327. The second-order valence-corrected chi connectivity index (χ2v) is 3.76. The van der Waals surface area contributed by atoms with Gasteiger partial charge in [0.15, 0.2) is 22.2 Å². The molecular formula is C6H10O4S2. The molecule has 2 unspecified atom stereocenters. The minimum absolute atomic E-state index is 0.100. The van der Waals surface area contributed by atoms with E-state index in [1.165, 1.54) is 12.5 Å². The Kier molecular flexibility index (Phi) is 7.29. The van der Waals surface area contributed by atoms with Crippen molar-refractivity contribution in [2.24, 2.45) is 0 Å². The van der Waals surface area contributed by atoms with E-state index in [4.69, 9.17) is 0 Å². The summed E-state index contributed by atoms with van der Waals surface area (Å²) in [6.07, 6.45) is 2.83. The molecule has 2 atom stereocenters. The van der Waals surface area contributed by atoms with Gasteiger partial charge in [-0.15, -0.1) is 0 Å². The van der Waals surface area contributed by atoms with Gasteiger partial charge in [0, 0.05) is 12.5 Å². The molecule has 70 valence electrons. The molecule has 0 N–H and O–H groups in total. The molecule has 0 aliphatic carbocycles. The Morgan fingerprint density at radius 1 is 1.00 bits per heavy atom. The lowest BCUT2D eigenvalue weighted by Crippen LogP contribution is -1.96. The highest BCUT2D eigenvalue weighted by Gasteiger charge is 1.86.